The van der Waals surface area contributed by atoms with Crippen LogP contribution in [-0.2, 0) is 22.0 Å². The minimum Gasteiger partial charge on any atom is -0.481 e. The Hall–Kier alpha value is -2.39. The van der Waals surface area contributed by atoms with Gasteiger partial charge in [0.2, 0.25) is 0 Å². The highest BCUT2D eigenvalue weighted by Crippen LogP contribution is 2.37. The summed E-state index contributed by atoms with van der Waals surface area (Å²) in [6, 6.07) is 8.79. The Balaban J connectivity index is 2.47. The summed E-state index contributed by atoms with van der Waals surface area (Å²) in [7, 11) is 0.0812. The SMILES string of the molecule is CNS(=O)c1ccc(-c2cc(C(F)(F)F)ccc2OCC(=O)O)cc1. The number of nitrogens with one attached hydrogen (secondary N) is 1. The number of hydrogen-bond donors (Lipinski definition) is 2. The maximum absolute atomic E-state index is 13.0. The van der Waals surface area contributed by atoms with Gasteiger partial charge in [-0.3, -0.25) is 0 Å². The van der Waals surface area contributed by atoms with Crippen molar-refractivity contribution in [1.29, 1.82) is 0 Å². The average Bonchev–Trinajstić information content (AvgIpc) is 2.58. The molecule has 9 heteroatoms. The predicted octanol–water partition coefficient (Wildman–Crippen LogP) is 3.08. The van der Waals surface area contributed by atoms with E-state index in [1.54, 1.807) is 0 Å². The molecule has 2 N–H and O–H groups in total. The molecule has 2 aromatic carbocycles. The molecule has 0 aliphatic carbocycles. The van der Waals surface area contributed by atoms with Gasteiger partial charge in [-0.15, -0.1) is 0 Å². The summed E-state index contributed by atoms with van der Waals surface area (Å²) in [5.74, 6) is -1.23. The highest BCUT2D eigenvalue weighted by Gasteiger charge is 2.31. The van der Waals surface area contributed by atoms with E-state index in [0.29, 0.717) is 10.5 Å². The fourth-order valence-electron chi connectivity index (χ4n) is 2.07. The summed E-state index contributed by atoms with van der Waals surface area (Å²) in [6.45, 7) is -0.680. The molecule has 0 aliphatic heterocycles. The Morgan fingerprint density at radius 2 is 1.84 bits per heavy atom. The van der Waals surface area contributed by atoms with Crippen LogP contribution in [0.25, 0.3) is 11.1 Å². The first-order chi connectivity index (χ1) is 11.7. The van der Waals surface area contributed by atoms with E-state index in [1.807, 2.05) is 0 Å². The van der Waals surface area contributed by atoms with Crippen LogP contribution in [0.2, 0.25) is 0 Å². The minimum atomic E-state index is -4.55. The van der Waals surface area contributed by atoms with Crippen LogP contribution in [-0.4, -0.2) is 28.9 Å². The van der Waals surface area contributed by atoms with E-state index in [-0.39, 0.29) is 11.3 Å². The smallest absolute Gasteiger partial charge is 0.416 e. The zero-order valence-corrected chi connectivity index (χ0v) is 13.8. The second kappa shape index (κ2) is 7.66. The quantitative estimate of drug-likeness (QED) is 0.816. The van der Waals surface area contributed by atoms with Gasteiger partial charge in [-0.2, -0.15) is 13.2 Å². The molecule has 1 atom stereocenters. The van der Waals surface area contributed by atoms with Crippen molar-refractivity contribution >= 4 is 17.0 Å². The van der Waals surface area contributed by atoms with Crippen LogP contribution in [0.5, 0.6) is 5.75 Å². The summed E-state index contributed by atoms with van der Waals surface area (Å²) in [5, 5.41) is 8.70. The van der Waals surface area contributed by atoms with Gasteiger partial charge >= 0.3 is 12.1 Å². The van der Waals surface area contributed by atoms with E-state index >= 15 is 0 Å². The molecule has 0 aliphatic rings. The standard InChI is InChI=1S/C16H14F3NO4S/c1-20-25(23)12-5-2-10(3-6-12)13-8-11(16(17,18)19)4-7-14(13)24-9-15(21)22/h2-8,20H,9H2,1H3,(H,21,22). The van der Waals surface area contributed by atoms with Crippen molar-refractivity contribution in [2.24, 2.45) is 0 Å². The van der Waals surface area contributed by atoms with E-state index in [2.05, 4.69) is 4.72 Å². The van der Waals surface area contributed by atoms with Crippen LogP contribution >= 0.6 is 0 Å². The van der Waals surface area contributed by atoms with Crippen molar-refractivity contribution < 1.29 is 32.0 Å². The predicted molar refractivity (Wildman–Crippen MR) is 85.5 cm³/mol. The molecular formula is C16H14F3NO4S. The molecule has 0 fully saturated rings. The van der Waals surface area contributed by atoms with E-state index in [1.165, 1.54) is 31.3 Å². The fraction of sp³-hybridized carbons (Fsp3) is 0.188. The third kappa shape index (κ3) is 4.80. The van der Waals surface area contributed by atoms with Gasteiger partial charge in [0.15, 0.2) is 6.61 Å². The molecule has 1 unspecified atom stereocenters. The molecule has 0 bridgehead atoms. The van der Waals surface area contributed by atoms with Crippen molar-refractivity contribution in [2.75, 3.05) is 13.7 Å². The zero-order chi connectivity index (χ0) is 18.6. The average molecular weight is 373 g/mol. The lowest BCUT2D eigenvalue weighted by molar-refractivity contribution is -0.140. The summed E-state index contributed by atoms with van der Waals surface area (Å²) in [4.78, 5) is 11.1. The highest BCUT2D eigenvalue weighted by atomic mass is 32.2. The number of carbonyl (C=O) groups is 1. The number of carboxylic acids is 1. The molecule has 0 saturated carbocycles. The van der Waals surface area contributed by atoms with Crippen molar-refractivity contribution in [1.82, 2.24) is 4.72 Å². The third-order valence-corrected chi connectivity index (χ3v) is 4.29. The monoisotopic (exact) mass is 373 g/mol. The Labute approximate surface area is 144 Å². The van der Waals surface area contributed by atoms with Gasteiger partial charge in [0.05, 0.1) is 10.5 Å². The Morgan fingerprint density at radius 3 is 2.36 bits per heavy atom. The van der Waals surface area contributed by atoms with Crippen LogP contribution in [0.3, 0.4) is 0 Å². The number of ether oxygens (including phenoxy) is 1. The lowest BCUT2D eigenvalue weighted by Gasteiger charge is -2.14. The summed E-state index contributed by atoms with van der Waals surface area (Å²) >= 11 is 0. The van der Waals surface area contributed by atoms with Crippen molar-refractivity contribution in [2.45, 2.75) is 11.1 Å². The number of aliphatic carboxylic acids is 1. The summed E-state index contributed by atoms with van der Waals surface area (Å²) in [6.07, 6.45) is -4.55. The van der Waals surface area contributed by atoms with Crippen LogP contribution < -0.4 is 9.46 Å². The van der Waals surface area contributed by atoms with Gasteiger partial charge in [0.25, 0.3) is 0 Å². The lowest BCUT2D eigenvalue weighted by atomic mass is 10.0. The fourth-order valence-corrected chi connectivity index (χ4v) is 2.69. The van der Waals surface area contributed by atoms with Gasteiger partial charge in [0, 0.05) is 5.56 Å². The molecule has 0 amide bonds. The number of benzene rings is 2. The molecule has 0 saturated heterocycles. The first-order valence-corrected chi connectivity index (χ1v) is 8.13. The molecule has 134 valence electrons. The molecule has 0 aromatic heterocycles. The molecule has 0 spiro atoms. The maximum Gasteiger partial charge on any atom is 0.416 e. The molecule has 0 radical (unpaired) electrons. The number of rotatable bonds is 6. The topological polar surface area (TPSA) is 75.6 Å². The van der Waals surface area contributed by atoms with Gasteiger partial charge in [-0.25, -0.2) is 13.7 Å². The lowest BCUT2D eigenvalue weighted by Crippen LogP contribution is -2.11. The number of halogens is 3. The van der Waals surface area contributed by atoms with Crippen LogP contribution in [0.15, 0.2) is 47.4 Å². The Bertz CT molecular complexity index is 791. The number of hydrogen-bond acceptors (Lipinski definition) is 3. The molecule has 2 rings (SSSR count). The molecule has 2 aromatic rings. The normalized spacial score (nSPS) is 12.6. The van der Waals surface area contributed by atoms with Gasteiger partial charge < -0.3 is 9.84 Å². The third-order valence-electron chi connectivity index (χ3n) is 3.22. The largest absolute Gasteiger partial charge is 0.481 e. The minimum absolute atomic E-state index is 0.0119. The summed E-state index contributed by atoms with van der Waals surface area (Å²) in [5.41, 5.74) is -0.408. The van der Waals surface area contributed by atoms with E-state index in [0.717, 1.165) is 18.2 Å². The first-order valence-electron chi connectivity index (χ1n) is 6.98. The van der Waals surface area contributed by atoms with Crippen molar-refractivity contribution in [3.05, 3.63) is 48.0 Å². The highest BCUT2D eigenvalue weighted by molar-refractivity contribution is 7.83. The van der Waals surface area contributed by atoms with Crippen LogP contribution in [0.4, 0.5) is 13.2 Å². The molecule has 5 nitrogen and oxygen atoms in total. The van der Waals surface area contributed by atoms with E-state index < -0.39 is 35.3 Å². The van der Waals surface area contributed by atoms with Gasteiger partial charge in [-0.05, 0) is 42.9 Å². The van der Waals surface area contributed by atoms with Crippen molar-refractivity contribution in [3.63, 3.8) is 0 Å². The summed E-state index contributed by atoms with van der Waals surface area (Å²) < 4.78 is 58.2. The molecule has 25 heavy (non-hydrogen) atoms. The second-order valence-electron chi connectivity index (χ2n) is 4.89. The molecule has 0 heterocycles. The van der Waals surface area contributed by atoms with Gasteiger partial charge in [-0.1, -0.05) is 12.1 Å². The van der Waals surface area contributed by atoms with E-state index in [4.69, 9.17) is 9.84 Å². The van der Waals surface area contributed by atoms with Crippen molar-refractivity contribution in [3.8, 4) is 16.9 Å². The zero-order valence-electron chi connectivity index (χ0n) is 13.0. The van der Waals surface area contributed by atoms with Gasteiger partial charge in [0.1, 0.15) is 16.7 Å². The first kappa shape index (κ1) is 18.9. The molecular weight excluding hydrogens is 359 g/mol. The van der Waals surface area contributed by atoms with Crippen LogP contribution in [0.1, 0.15) is 5.56 Å². The maximum atomic E-state index is 13.0. The second-order valence-corrected chi connectivity index (χ2v) is 6.31. The number of alkyl halides is 3. The van der Waals surface area contributed by atoms with E-state index in [9.17, 15) is 22.2 Å². The number of carboxylic acid groups (broad SMARTS) is 1. The van der Waals surface area contributed by atoms with Crippen LogP contribution in [0, 0.1) is 0 Å². The Kier molecular flexibility index (Phi) is 5.81. The Morgan fingerprint density at radius 1 is 1.20 bits per heavy atom.